The highest BCUT2D eigenvalue weighted by Crippen LogP contribution is 2.28. The summed E-state index contributed by atoms with van der Waals surface area (Å²) in [4.78, 5) is 8.79. The molecule has 1 fully saturated rings. The molecule has 1 aromatic rings. The Morgan fingerprint density at radius 2 is 2.19 bits per heavy atom. The zero-order chi connectivity index (χ0) is 15.1. The minimum atomic E-state index is 0.437. The van der Waals surface area contributed by atoms with E-state index in [2.05, 4.69) is 20.6 Å². The fraction of sp³-hybridized carbons (Fsp3) is 0.733. The van der Waals surface area contributed by atoms with Gasteiger partial charge in [-0.15, -0.1) is 0 Å². The first-order valence-electron chi connectivity index (χ1n) is 7.72. The lowest BCUT2D eigenvalue weighted by molar-refractivity contribution is 0.129. The summed E-state index contributed by atoms with van der Waals surface area (Å²) in [5, 5.41) is 6.45. The molecule has 0 saturated heterocycles. The molecule has 0 bridgehead atoms. The van der Waals surface area contributed by atoms with Crippen LogP contribution in [-0.4, -0.2) is 37.2 Å². The molecule has 0 spiro atoms. The fourth-order valence-corrected chi connectivity index (χ4v) is 1.87. The van der Waals surface area contributed by atoms with Gasteiger partial charge in [0, 0.05) is 19.7 Å². The first-order chi connectivity index (χ1) is 10.2. The average Bonchev–Trinajstić information content (AvgIpc) is 3.22. The van der Waals surface area contributed by atoms with Crippen LogP contribution in [0.3, 0.4) is 0 Å². The highest BCUT2D eigenvalue weighted by Gasteiger charge is 2.20. The molecular weight excluding hydrogens is 268 g/mol. The van der Waals surface area contributed by atoms with Gasteiger partial charge in [-0.1, -0.05) is 0 Å². The van der Waals surface area contributed by atoms with Gasteiger partial charge in [0.15, 0.2) is 5.96 Å². The van der Waals surface area contributed by atoms with Crippen LogP contribution in [0.2, 0.25) is 0 Å². The zero-order valence-corrected chi connectivity index (χ0v) is 13.2. The second-order valence-electron chi connectivity index (χ2n) is 5.39. The Bertz CT molecular complexity index is 447. The number of hydrogen-bond acceptors (Lipinski definition) is 4. The minimum Gasteiger partial charge on any atom is -0.444 e. The van der Waals surface area contributed by atoms with Gasteiger partial charge in [0.2, 0.25) is 5.89 Å². The van der Waals surface area contributed by atoms with Gasteiger partial charge in [-0.05, 0) is 39.5 Å². The Morgan fingerprint density at radius 1 is 1.38 bits per heavy atom. The Morgan fingerprint density at radius 3 is 2.81 bits per heavy atom. The number of nitrogens with one attached hydrogen (secondary N) is 2. The van der Waals surface area contributed by atoms with Crippen molar-refractivity contribution in [2.75, 3.05) is 26.3 Å². The number of aliphatic imine (C=N–C) groups is 1. The van der Waals surface area contributed by atoms with Crippen LogP contribution in [0.4, 0.5) is 0 Å². The topological polar surface area (TPSA) is 71.7 Å². The number of nitrogens with zero attached hydrogens (tertiary/aromatic N) is 2. The molecule has 0 atom stereocenters. The maximum Gasteiger partial charge on any atom is 0.216 e. The summed E-state index contributed by atoms with van der Waals surface area (Å²) in [5.74, 6) is 3.07. The standard InChI is InChI=1S/C15H26N4O2/c1-4-16-15(17-7-8-20-10-13-5-6-13)18-9-14-19-11(2)12(3)21-14/h13H,4-10H2,1-3H3,(H2,16,17,18). The maximum atomic E-state index is 5.59. The smallest absolute Gasteiger partial charge is 0.216 e. The largest absolute Gasteiger partial charge is 0.444 e. The van der Waals surface area contributed by atoms with Gasteiger partial charge < -0.3 is 19.8 Å². The molecule has 118 valence electrons. The van der Waals surface area contributed by atoms with Crippen molar-refractivity contribution in [1.29, 1.82) is 0 Å². The molecular formula is C15H26N4O2. The Hall–Kier alpha value is -1.56. The van der Waals surface area contributed by atoms with E-state index in [-0.39, 0.29) is 0 Å². The minimum absolute atomic E-state index is 0.437. The molecule has 1 heterocycles. The van der Waals surface area contributed by atoms with Gasteiger partial charge in [-0.25, -0.2) is 9.98 Å². The molecule has 1 saturated carbocycles. The molecule has 21 heavy (non-hydrogen) atoms. The zero-order valence-electron chi connectivity index (χ0n) is 13.2. The third-order valence-electron chi connectivity index (χ3n) is 3.38. The van der Waals surface area contributed by atoms with E-state index < -0.39 is 0 Å². The van der Waals surface area contributed by atoms with Crippen molar-refractivity contribution in [2.45, 2.75) is 40.2 Å². The van der Waals surface area contributed by atoms with Crippen LogP contribution in [0.25, 0.3) is 0 Å². The van der Waals surface area contributed by atoms with Gasteiger partial charge >= 0.3 is 0 Å². The Balaban J connectivity index is 1.72. The predicted octanol–water partition coefficient (Wildman–Crippen LogP) is 1.77. The van der Waals surface area contributed by atoms with Crippen LogP contribution < -0.4 is 10.6 Å². The molecule has 0 radical (unpaired) electrons. The Labute approximate surface area is 126 Å². The van der Waals surface area contributed by atoms with E-state index in [1.807, 2.05) is 20.8 Å². The van der Waals surface area contributed by atoms with Gasteiger partial charge in [0.25, 0.3) is 0 Å². The van der Waals surface area contributed by atoms with Gasteiger partial charge in [0.1, 0.15) is 12.3 Å². The number of hydrogen-bond donors (Lipinski definition) is 2. The van der Waals surface area contributed by atoms with E-state index in [0.717, 1.165) is 43.0 Å². The molecule has 0 aliphatic heterocycles. The Kier molecular flexibility index (Phi) is 6.04. The number of aromatic nitrogens is 1. The second kappa shape index (κ2) is 8.02. The van der Waals surface area contributed by atoms with Crippen LogP contribution >= 0.6 is 0 Å². The van der Waals surface area contributed by atoms with Crippen molar-refractivity contribution in [3.63, 3.8) is 0 Å². The molecule has 0 amide bonds. The van der Waals surface area contributed by atoms with E-state index in [1.54, 1.807) is 0 Å². The third kappa shape index (κ3) is 5.75. The quantitative estimate of drug-likeness (QED) is 0.434. The lowest BCUT2D eigenvalue weighted by Gasteiger charge is -2.11. The molecule has 1 aliphatic carbocycles. The number of aryl methyl sites for hydroxylation is 2. The lowest BCUT2D eigenvalue weighted by Crippen LogP contribution is -2.39. The summed E-state index contributed by atoms with van der Waals surface area (Å²) in [5.41, 5.74) is 0.923. The molecule has 2 rings (SSSR count). The molecule has 6 heteroatoms. The lowest BCUT2D eigenvalue weighted by atomic mass is 10.4. The summed E-state index contributed by atoms with van der Waals surface area (Å²) < 4.78 is 11.1. The van der Waals surface area contributed by atoms with Crippen molar-refractivity contribution in [1.82, 2.24) is 15.6 Å². The van der Waals surface area contributed by atoms with Crippen LogP contribution in [0.15, 0.2) is 9.41 Å². The number of rotatable bonds is 8. The van der Waals surface area contributed by atoms with E-state index in [9.17, 15) is 0 Å². The van der Waals surface area contributed by atoms with Crippen LogP contribution in [-0.2, 0) is 11.3 Å². The predicted molar refractivity (Wildman–Crippen MR) is 82.3 cm³/mol. The molecule has 1 aliphatic rings. The molecule has 0 unspecified atom stereocenters. The van der Waals surface area contributed by atoms with Crippen molar-refractivity contribution in [2.24, 2.45) is 10.9 Å². The SMILES string of the molecule is CCNC(=NCc1nc(C)c(C)o1)NCCOCC1CC1. The first-order valence-corrected chi connectivity index (χ1v) is 7.72. The van der Waals surface area contributed by atoms with Crippen molar-refractivity contribution < 1.29 is 9.15 Å². The average molecular weight is 294 g/mol. The van der Waals surface area contributed by atoms with E-state index in [0.29, 0.717) is 19.0 Å². The van der Waals surface area contributed by atoms with Crippen molar-refractivity contribution in [3.8, 4) is 0 Å². The van der Waals surface area contributed by atoms with E-state index in [1.165, 1.54) is 12.8 Å². The van der Waals surface area contributed by atoms with Crippen molar-refractivity contribution >= 4 is 5.96 Å². The highest BCUT2D eigenvalue weighted by atomic mass is 16.5. The maximum absolute atomic E-state index is 5.59. The van der Waals surface area contributed by atoms with Gasteiger partial charge in [-0.3, -0.25) is 0 Å². The van der Waals surface area contributed by atoms with Crippen molar-refractivity contribution in [3.05, 3.63) is 17.3 Å². The van der Waals surface area contributed by atoms with E-state index in [4.69, 9.17) is 9.15 Å². The summed E-state index contributed by atoms with van der Waals surface area (Å²) in [6.07, 6.45) is 2.65. The highest BCUT2D eigenvalue weighted by molar-refractivity contribution is 5.79. The summed E-state index contributed by atoms with van der Waals surface area (Å²) >= 11 is 0. The summed E-state index contributed by atoms with van der Waals surface area (Å²) in [7, 11) is 0. The molecule has 6 nitrogen and oxygen atoms in total. The number of oxazole rings is 1. The second-order valence-corrected chi connectivity index (χ2v) is 5.39. The molecule has 1 aromatic heterocycles. The van der Waals surface area contributed by atoms with Crippen LogP contribution in [0.1, 0.15) is 37.1 Å². The number of guanidine groups is 1. The van der Waals surface area contributed by atoms with Gasteiger partial charge in [-0.2, -0.15) is 0 Å². The number of ether oxygens (including phenoxy) is 1. The summed E-state index contributed by atoms with van der Waals surface area (Å²) in [6, 6.07) is 0. The van der Waals surface area contributed by atoms with Crippen LogP contribution in [0, 0.1) is 19.8 Å². The van der Waals surface area contributed by atoms with Crippen LogP contribution in [0.5, 0.6) is 0 Å². The summed E-state index contributed by atoms with van der Waals surface area (Å²) in [6.45, 7) is 9.50. The monoisotopic (exact) mass is 294 g/mol. The normalized spacial score (nSPS) is 15.3. The molecule has 0 aromatic carbocycles. The van der Waals surface area contributed by atoms with E-state index >= 15 is 0 Å². The molecule has 2 N–H and O–H groups in total. The third-order valence-corrected chi connectivity index (χ3v) is 3.38. The van der Waals surface area contributed by atoms with Gasteiger partial charge in [0.05, 0.1) is 12.3 Å². The fourth-order valence-electron chi connectivity index (χ4n) is 1.87. The first kappa shape index (κ1) is 15.8.